The Bertz CT molecular complexity index is 482. The molecule has 1 atom stereocenters. The number of aromatic nitrogens is 1. The highest BCUT2D eigenvalue weighted by Gasteiger charge is 2.28. The van der Waals surface area contributed by atoms with Crippen LogP contribution in [0.15, 0.2) is 18.3 Å². The van der Waals surface area contributed by atoms with Gasteiger partial charge in [-0.3, -0.25) is 9.69 Å². The van der Waals surface area contributed by atoms with Crippen LogP contribution in [0.4, 0.5) is 0 Å². The quantitative estimate of drug-likeness (QED) is 0.841. The zero-order valence-electron chi connectivity index (χ0n) is 11.5. The number of carboxylic acid groups (broad SMARTS) is 1. The first-order valence-electron chi connectivity index (χ1n) is 6.08. The van der Waals surface area contributed by atoms with Crippen molar-refractivity contribution >= 4 is 36.8 Å². The topological polar surface area (TPSA) is 79.7 Å². The van der Waals surface area contributed by atoms with Gasteiger partial charge in [-0.2, -0.15) is 0 Å². The molecule has 21 heavy (non-hydrogen) atoms. The predicted octanol–water partition coefficient (Wildman–Crippen LogP) is 1.62. The van der Waals surface area contributed by atoms with Crippen LogP contribution in [0.3, 0.4) is 0 Å². The van der Waals surface area contributed by atoms with E-state index in [0.717, 1.165) is 18.5 Å². The Morgan fingerprint density at radius 3 is 2.67 bits per heavy atom. The maximum Gasteiger partial charge on any atom is 0.354 e. The second kappa shape index (κ2) is 8.81. The van der Waals surface area contributed by atoms with E-state index in [-0.39, 0.29) is 42.4 Å². The van der Waals surface area contributed by atoms with Gasteiger partial charge in [-0.05, 0) is 24.6 Å². The minimum Gasteiger partial charge on any atom is -0.477 e. The smallest absolute Gasteiger partial charge is 0.354 e. The van der Waals surface area contributed by atoms with Crippen molar-refractivity contribution in [2.45, 2.75) is 13.0 Å². The second-order valence-corrected chi connectivity index (χ2v) is 4.60. The summed E-state index contributed by atoms with van der Waals surface area (Å²) in [5.41, 5.74) is 0.980. The van der Waals surface area contributed by atoms with Crippen LogP contribution in [-0.2, 0) is 16.1 Å². The summed E-state index contributed by atoms with van der Waals surface area (Å²) < 4.78 is 4.73. The van der Waals surface area contributed by atoms with Crippen molar-refractivity contribution in [2.24, 2.45) is 5.92 Å². The highest BCUT2D eigenvalue weighted by molar-refractivity contribution is 5.86. The van der Waals surface area contributed by atoms with Crippen LogP contribution in [0.5, 0.6) is 0 Å². The fourth-order valence-electron chi connectivity index (χ4n) is 2.24. The number of rotatable bonds is 4. The Morgan fingerprint density at radius 1 is 1.43 bits per heavy atom. The number of methoxy groups -OCH3 is 1. The number of carbonyl (C=O) groups excluding carboxylic acids is 1. The minimum atomic E-state index is -1.03. The lowest BCUT2D eigenvalue weighted by Crippen LogP contribution is -2.23. The van der Waals surface area contributed by atoms with Crippen molar-refractivity contribution < 1.29 is 19.4 Å². The summed E-state index contributed by atoms with van der Waals surface area (Å²) in [5.74, 6) is -1.25. The number of hydrogen-bond donors (Lipinski definition) is 1. The van der Waals surface area contributed by atoms with E-state index in [1.807, 2.05) is 0 Å². The molecule has 1 aliphatic rings. The molecule has 0 spiro atoms. The van der Waals surface area contributed by atoms with Crippen molar-refractivity contribution in [1.29, 1.82) is 0 Å². The number of pyridine rings is 1. The summed E-state index contributed by atoms with van der Waals surface area (Å²) in [7, 11) is 1.40. The van der Waals surface area contributed by atoms with Crippen LogP contribution in [0.25, 0.3) is 0 Å². The fraction of sp³-hybridized carbons (Fsp3) is 0.462. The third-order valence-electron chi connectivity index (χ3n) is 3.26. The molecule has 0 amide bonds. The van der Waals surface area contributed by atoms with Crippen molar-refractivity contribution in [3.8, 4) is 0 Å². The molecule has 0 aromatic carbocycles. The van der Waals surface area contributed by atoms with Crippen molar-refractivity contribution in [3.05, 3.63) is 29.6 Å². The second-order valence-electron chi connectivity index (χ2n) is 4.60. The van der Waals surface area contributed by atoms with Gasteiger partial charge in [0, 0.05) is 19.3 Å². The van der Waals surface area contributed by atoms with Crippen LogP contribution in [0.2, 0.25) is 0 Å². The van der Waals surface area contributed by atoms with Gasteiger partial charge in [0.2, 0.25) is 0 Å². The first-order valence-corrected chi connectivity index (χ1v) is 6.08. The fourth-order valence-corrected chi connectivity index (χ4v) is 2.24. The Balaban J connectivity index is 0.00000200. The Kier molecular flexibility index (Phi) is 8.24. The zero-order valence-corrected chi connectivity index (χ0v) is 13.2. The van der Waals surface area contributed by atoms with Gasteiger partial charge in [-0.25, -0.2) is 9.78 Å². The molecule has 1 aromatic rings. The van der Waals surface area contributed by atoms with E-state index in [1.54, 1.807) is 12.3 Å². The van der Waals surface area contributed by atoms with Gasteiger partial charge in [0.15, 0.2) is 0 Å². The predicted molar refractivity (Wildman–Crippen MR) is 81.1 cm³/mol. The minimum absolute atomic E-state index is 0. The molecule has 1 aliphatic heterocycles. The van der Waals surface area contributed by atoms with Gasteiger partial charge < -0.3 is 9.84 Å². The Morgan fingerprint density at radius 2 is 2.14 bits per heavy atom. The molecule has 0 radical (unpaired) electrons. The van der Waals surface area contributed by atoms with Gasteiger partial charge in [-0.15, -0.1) is 24.8 Å². The molecule has 118 valence electrons. The molecule has 1 N–H and O–H groups in total. The summed E-state index contributed by atoms with van der Waals surface area (Å²) in [6, 6.07) is 3.24. The number of carbonyl (C=O) groups is 2. The standard InChI is InChI=1S/C13H16N2O4.2ClH/c1-19-13(18)10-4-5-15(8-10)7-9-2-3-11(12(16)17)14-6-9;;/h2-3,6,10H,4-5,7-8H2,1H3,(H,16,17);2*1H/t10-;;/m1../s1. The Labute approximate surface area is 135 Å². The number of likely N-dealkylation sites (tertiary alicyclic amines) is 1. The number of ether oxygens (including phenoxy) is 1. The van der Waals surface area contributed by atoms with Crippen LogP contribution in [-0.4, -0.2) is 47.1 Å². The normalized spacial score (nSPS) is 17.5. The van der Waals surface area contributed by atoms with Crippen LogP contribution < -0.4 is 0 Å². The molecule has 0 unspecified atom stereocenters. The third-order valence-corrected chi connectivity index (χ3v) is 3.26. The van der Waals surface area contributed by atoms with Gasteiger partial charge >= 0.3 is 11.9 Å². The molecule has 0 saturated carbocycles. The highest BCUT2D eigenvalue weighted by atomic mass is 35.5. The van der Waals surface area contributed by atoms with E-state index in [4.69, 9.17) is 9.84 Å². The lowest BCUT2D eigenvalue weighted by atomic mass is 10.1. The molecule has 2 heterocycles. The summed E-state index contributed by atoms with van der Waals surface area (Å²) in [5, 5.41) is 8.76. The van der Waals surface area contributed by atoms with Gasteiger partial charge in [-0.1, -0.05) is 6.07 Å². The monoisotopic (exact) mass is 336 g/mol. The van der Waals surface area contributed by atoms with Crippen LogP contribution >= 0.6 is 24.8 Å². The van der Waals surface area contributed by atoms with E-state index in [9.17, 15) is 9.59 Å². The third kappa shape index (κ3) is 5.15. The maximum absolute atomic E-state index is 11.4. The van der Waals surface area contributed by atoms with Gasteiger partial charge in [0.05, 0.1) is 13.0 Å². The molecular weight excluding hydrogens is 319 g/mol. The van der Waals surface area contributed by atoms with E-state index < -0.39 is 5.97 Å². The average Bonchev–Trinajstić information content (AvgIpc) is 2.87. The van der Waals surface area contributed by atoms with Crippen molar-refractivity contribution in [2.75, 3.05) is 20.2 Å². The molecule has 8 heteroatoms. The average molecular weight is 337 g/mol. The molecule has 1 fully saturated rings. The Hall–Kier alpha value is -1.37. The number of halogens is 2. The molecular formula is C13H18Cl2N2O4. The largest absolute Gasteiger partial charge is 0.477 e. The van der Waals surface area contributed by atoms with Gasteiger partial charge in [0.1, 0.15) is 5.69 Å². The summed E-state index contributed by atoms with van der Waals surface area (Å²) in [6.45, 7) is 2.17. The highest BCUT2D eigenvalue weighted by Crippen LogP contribution is 2.19. The molecule has 6 nitrogen and oxygen atoms in total. The van der Waals surface area contributed by atoms with E-state index in [0.29, 0.717) is 13.1 Å². The number of esters is 1. The van der Waals surface area contributed by atoms with E-state index >= 15 is 0 Å². The lowest BCUT2D eigenvalue weighted by molar-refractivity contribution is -0.144. The number of aromatic carboxylic acids is 1. The summed E-state index contributed by atoms with van der Waals surface area (Å²) in [4.78, 5) is 28.1. The van der Waals surface area contributed by atoms with Crippen LogP contribution in [0.1, 0.15) is 22.5 Å². The van der Waals surface area contributed by atoms with Gasteiger partial charge in [0.25, 0.3) is 0 Å². The van der Waals surface area contributed by atoms with Crippen LogP contribution in [0, 0.1) is 5.92 Å². The first-order chi connectivity index (χ1) is 9.10. The summed E-state index contributed by atoms with van der Waals surface area (Å²) >= 11 is 0. The number of nitrogens with zero attached hydrogens (tertiary/aromatic N) is 2. The molecule has 1 aromatic heterocycles. The molecule has 2 rings (SSSR count). The first kappa shape index (κ1) is 19.6. The molecule has 0 bridgehead atoms. The number of carboxylic acids is 1. The number of hydrogen-bond acceptors (Lipinski definition) is 5. The molecule has 0 aliphatic carbocycles. The van der Waals surface area contributed by atoms with Crippen molar-refractivity contribution in [3.63, 3.8) is 0 Å². The molecule has 1 saturated heterocycles. The van der Waals surface area contributed by atoms with E-state index in [1.165, 1.54) is 13.2 Å². The zero-order chi connectivity index (χ0) is 13.8. The van der Waals surface area contributed by atoms with Crippen molar-refractivity contribution in [1.82, 2.24) is 9.88 Å². The summed E-state index contributed by atoms with van der Waals surface area (Å²) in [6.07, 6.45) is 2.36. The maximum atomic E-state index is 11.4. The van der Waals surface area contributed by atoms with E-state index in [2.05, 4.69) is 9.88 Å². The SMILES string of the molecule is COC(=O)[C@@H]1CCN(Cc2ccc(C(=O)O)nc2)C1.Cl.Cl. The lowest BCUT2D eigenvalue weighted by Gasteiger charge is -2.15.